The van der Waals surface area contributed by atoms with E-state index in [-0.39, 0.29) is 5.92 Å². The molecule has 3 amide bonds. The van der Waals surface area contributed by atoms with Crippen molar-refractivity contribution in [1.29, 1.82) is 0 Å². The average molecular weight is 336 g/mol. The minimum atomic E-state index is -0.866. The van der Waals surface area contributed by atoms with Crippen LogP contribution in [0.25, 0.3) is 0 Å². The second-order valence-corrected chi connectivity index (χ2v) is 5.84. The minimum absolute atomic E-state index is 0.267. The van der Waals surface area contributed by atoms with Gasteiger partial charge in [0, 0.05) is 6.54 Å². The number of carbonyl (C=O) groups is 3. The molecule has 0 unspecified atom stereocenters. The summed E-state index contributed by atoms with van der Waals surface area (Å²) in [7, 11) is 0. The third-order valence-electron chi connectivity index (χ3n) is 2.90. The van der Waals surface area contributed by atoms with Crippen LogP contribution < -0.4 is 15.4 Å². The second kappa shape index (κ2) is 9.54. The molecule has 1 rings (SSSR count). The first-order valence-electron chi connectivity index (χ1n) is 7.75. The van der Waals surface area contributed by atoms with Crippen molar-refractivity contribution in [1.82, 2.24) is 10.6 Å². The highest BCUT2D eigenvalue weighted by atomic mass is 16.6. The van der Waals surface area contributed by atoms with Gasteiger partial charge in [-0.3, -0.25) is 10.1 Å². The van der Waals surface area contributed by atoms with Crippen molar-refractivity contribution in [3.05, 3.63) is 29.8 Å². The fraction of sp³-hybridized carbons (Fsp3) is 0.471. The van der Waals surface area contributed by atoms with Crippen LogP contribution in [0.1, 0.15) is 26.3 Å². The third kappa shape index (κ3) is 7.62. The van der Waals surface area contributed by atoms with Crippen molar-refractivity contribution < 1.29 is 23.9 Å². The molecule has 0 fully saturated rings. The van der Waals surface area contributed by atoms with Crippen LogP contribution in [-0.2, 0) is 14.3 Å². The van der Waals surface area contributed by atoms with Gasteiger partial charge in [-0.15, -0.1) is 0 Å². The predicted octanol–water partition coefficient (Wildman–Crippen LogP) is 1.79. The van der Waals surface area contributed by atoms with Gasteiger partial charge in [0.2, 0.25) is 0 Å². The topological polar surface area (TPSA) is 93.7 Å². The molecule has 7 nitrogen and oxygen atoms in total. The summed E-state index contributed by atoms with van der Waals surface area (Å²) in [6, 6.07) is 6.61. The summed E-state index contributed by atoms with van der Waals surface area (Å²) in [5, 5.41) is 4.61. The number of carbonyl (C=O) groups excluding carboxylic acids is 3. The molecule has 0 saturated carbocycles. The van der Waals surface area contributed by atoms with Crippen molar-refractivity contribution in [2.24, 2.45) is 5.92 Å². The Labute approximate surface area is 141 Å². The average Bonchev–Trinajstić information content (AvgIpc) is 2.50. The van der Waals surface area contributed by atoms with Crippen LogP contribution in [-0.4, -0.2) is 37.2 Å². The Hall–Kier alpha value is -2.57. The van der Waals surface area contributed by atoms with Crippen molar-refractivity contribution in [3.63, 3.8) is 0 Å². The van der Waals surface area contributed by atoms with Crippen LogP contribution in [0.2, 0.25) is 0 Å². The number of urea groups is 1. The summed E-state index contributed by atoms with van der Waals surface area (Å²) < 4.78 is 10.3. The predicted molar refractivity (Wildman–Crippen MR) is 88.6 cm³/mol. The van der Waals surface area contributed by atoms with Gasteiger partial charge in [0.15, 0.2) is 12.7 Å². The Morgan fingerprint density at radius 3 is 2.50 bits per heavy atom. The zero-order chi connectivity index (χ0) is 18.1. The monoisotopic (exact) mass is 336 g/mol. The highest BCUT2D eigenvalue weighted by molar-refractivity contribution is 5.95. The minimum Gasteiger partial charge on any atom is -0.479 e. The molecule has 2 N–H and O–H groups in total. The zero-order valence-electron chi connectivity index (χ0n) is 14.4. The molecule has 0 aliphatic heterocycles. The molecule has 0 aliphatic carbocycles. The number of hydrogen-bond acceptors (Lipinski definition) is 5. The first-order valence-corrected chi connectivity index (χ1v) is 7.75. The highest BCUT2D eigenvalue weighted by Crippen LogP contribution is 2.14. The lowest BCUT2D eigenvalue weighted by atomic mass is 10.2. The first kappa shape index (κ1) is 19.5. The van der Waals surface area contributed by atoms with Crippen LogP contribution in [0.3, 0.4) is 0 Å². The standard InChI is InChI=1S/C17H24N2O5/c1-11(2)9-18-17(22)19-15(20)10-23-16(21)13(4)24-14-7-5-6-12(3)8-14/h5-8,11,13H,9-10H2,1-4H3,(H2,18,19,20,22)/t13-/m1/s1. The fourth-order valence-corrected chi connectivity index (χ4v) is 1.70. The van der Waals surface area contributed by atoms with E-state index in [0.717, 1.165) is 5.56 Å². The van der Waals surface area contributed by atoms with Crippen LogP contribution in [0.4, 0.5) is 4.79 Å². The number of aryl methyl sites for hydroxylation is 1. The Morgan fingerprint density at radius 1 is 1.17 bits per heavy atom. The SMILES string of the molecule is Cc1cccc(O[C@H](C)C(=O)OCC(=O)NC(=O)NCC(C)C)c1. The molecule has 0 heterocycles. The Bertz CT molecular complexity index is 586. The van der Waals surface area contributed by atoms with E-state index in [9.17, 15) is 14.4 Å². The quantitative estimate of drug-likeness (QED) is 0.740. The van der Waals surface area contributed by atoms with E-state index in [2.05, 4.69) is 10.6 Å². The van der Waals surface area contributed by atoms with Crippen molar-refractivity contribution >= 4 is 17.9 Å². The number of rotatable bonds is 7. The van der Waals surface area contributed by atoms with Crippen LogP contribution in [0.15, 0.2) is 24.3 Å². The maximum absolute atomic E-state index is 11.8. The summed E-state index contributed by atoms with van der Waals surface area (Å²) in [4.78, 5) is 34.7. The van der Waals surface area contributed by atoms with E-state index in [1.807, 2.05) is 32.9 Å². The van der Waals surface area contributed by atoms with Gasteiger partial charge < -0.3 is 14.8 Å². The lowest BCUT2D eigenvalue weighted by molar-refractivity contribution is -0.154. The molecule has 0 aromatic heterocycles. The summed E-state index contributed by atoms with van der Waals surface area (Å²) in [5.74, 6) is -0.582. The molecule has 0 bridgehead atoms. The maximum atomic E-state index is 11.8. The van der Waals surface area contributed by atoms with Gasteiger partial charge in [0.25, 0.3) is 5.91 Å². The van der Waals surface area contributed by atoms with Gasteiger partial charge >= 0.3 is 12.0 Å². The van der Waals surface area contributed by atoms with Gasteiger partial charge in [0.05, 0.1) is 0 Å². The summed E-state index contributed by atoms with van der Waals surface area (Å²) in [5.41, 5.74) is 1.000. The number of hydrogen-bond donors (Lipinski definition) is 2. The maximum Gasteiger partial charge on any atom is 0.347 e. The lowest BCUT2D eigenvalue weighted by Gasteiger charge is -2.14. The molecule has 1 aromatic rings. The second-order valence-electron chi connectivity index (χ2n) is 5.84. The largest absolute Gasteiger partial charge is 0.479 e. The van der Waals surface area contributed by atoms with E-state index in [1.165, 1.54) is 6.92 Å². The zero-order valence-corrected chi connectivity index (χ0v) is 14.4. The van der Waals surface area contributed by atoms with Gasteiger partial charge in [-0.1, -0.05) is 26.0 Å². The molecule has 24 heavy (non-hydrogen) atoms. The van der Waals surface area contributed by atoms with Crippen molar-refractivity contribution in [3.8, 4) is 5.75 Å². The van der Waals surface area contributed by atoms with Crippen molar-refractivity contribution in [2.45, 2.75) is 33.8 Å². The molecule has 0 saturated heterocycles. The number of esters is 1. The smallest absolute Gasteiger partial charge is 0.347 e. The molecule has 0 spiro atoms. The van der Waals surface area contributed by atoms with Gasteiger partial charge in [-0.05, 0) is 37.5 Å². The number of nitrogens with one attached hydrogen (secondary N) is 2. The molecular formula is C17H24N2O5. The normalized spacial score (nSPS) is 11.5. The molecule has 1 atom stereocenters. The Morgan fingerprint density at radius 2 is 1.88 bits per heavy atom. The molecule has 132 valence electrons. The summed E-state index contributed by atoms with van der Waals surface area (Å²) in [6.45, 7) is 7.19. The molecule has 0 aliphatic rings. The lowest BCUT2D eigenvalue weighted by Crippen LogP contribution is -2.43. The first-order chi connectivity index (χ1) is 11.3. The summed E-state index contributed by atoms with van der Waals surface area (Å²) >= 11 is 0. The molecule has 0 radical (unpaired) electrons. The van der Waals surface area contributed by atoms with E-state index >= 15 is 0 Å². The van der Waals surface area contributed by atoms with Crippen LogP contribution in [0.5, 0.6) is 5.75 Å². The van der Waals surface area contributed by atoms with Gasteiger partial charge in [0.1, 0.15) is 5.75 Å². The summed E-state index contributed by atoms with van der Waals surface area (Å²) in [6.07, 6.45) is -0.866. The van der Waals surface area contributed by atoms with Crippen molar-refractivity contribution in [2.75, 3.05) is 13.2 Å². The third-order valence-corrected chi connectivity index (χ3v) is 2.90. The van der Waals surface area contributed by atoms with Gasteiger partial charge in [-0.2, -0.15) is 0 Å². The van der Waals surface area contributed by atoms with E-state index in [1.54, 1.807) is 12.1 Å². The molecule has 1 aromatic carbocycles. The van der Waals surface area contributed by atoms with E-state index in [0.29, 0.717) is 12.3 Å². The molecule has 7 heteroatoms. The number of benzene rings is 1. The van der Waals surface area contributed by atoms with Crippen LogP contribution in [0, 0.1) is 12.8 Å². The number of ether oxygens (including phenoxy) is 2. The Kier molecular flexibility index (Phi) is 7.74. The Balaban J connectivity index is 2.34. The number of amides is 3. The molecular weight excluding hydrogens is 312 g/mol. The van der Waals surface area contributed by atoms with Crippen LogP contribution >= 0.6 is 0 Å². The fourth-order valence-electron chi connectivity index (χ4n) is 1.70. The van der Waals surface area contributed by atoms with E-state index < -0.39 is 30.6 Å². The van der Waals surface area contributed by atoms with E-state index in [4.69, 9.17) is 9.47 Å². The number of imide groups is 1. The van der Waals surface area contributed by atoms with Gasteiger partial charge in [-0.25, -0.2) is 9.59 Å². The highest BCUT2D eigenvalue weighted by Gasteiger charge is 2.18.